The number of rotatable bonds is 3. The number of nitrogens with zero attached hydrogens (tertiary/aromatic N) is 1. The normalized spacial score (nSPS) is 22.8. The van der Waals surface area contributed by atoms with E-state index in [0.717, 1.165) is 6.07 Å². The average Bonchev–Trinajstić information content (AvgIpc) is 2.57. The van der Waals surface area contributed by atoms with Gasteiger partial charge < -0.3 is 10.4 Å². The number of pyridine rings is 1. The maximum atomic E-state index is 15.3. The predicted molar refractivity (Wildman–Crippen MR) is 84.5 cm³/mol. The molecule has 0 saturated carbocycles. The summed E-state index contributed by atoms with van der Waals surface area (Å²) in [4.78, 5) is 16.4. The van der Waals surface area contributed by atoms with Crippen molar-refractivity contribution in [2.45, 2.75) is 31.2 Å². The fourth-order valence-electron chi connectivity index (χ4n) is 2.84. The number of hydrogen-bond acceptors (Lipinski definition) is 3. The zero-order valence-corrected chi connectivity index (χ0v) is 13.4. The van der Waals surface area contributed by atoms with Gasteiger partial charge in [0.15, 0.2) is 0 Å². The highest BCUT2D eigenvalue weighted by Gasteiger charge is 2.46. The first kappa shape index (κ1) is 16.8. The van der Waals surface area contributed by atoms with Crippen LogP contribution in [0.3, 0.4) is 0 Å². The summed E-state index contributed by atoms with van der Waals surface area (Å²) in [6.07, 6.45) is 0.523. The van der Waals surface area contributed by atoms with E-state index in [9.17, 15) is 14.3 Å². The van der Waals surface area contributed by atoms with Crippen molar-refractivity contribution in [3.05, 3.63) is 64.2 Å². The zero-order chi connectivity index (χ0) is 17.3. The summed E-state index contributed by atoms with van der Waals surface area (Å²) in [5.74, 6) is -1.32. The van der Waals surface area contributed by atoms with Crippen LogP contribution in [0.1, 0.15) is 35.8 Å². The van der Waals surface area contributed by atoms with Crippen LogP contribution in [0, 0.1) is 5.82 Å². The Kier molecular flexibility index (Phi) is 4.51. The lowest BCUT2D eigenvalue weighted by Crippen LogP contribution is -2.44. The molecule has 1 aliphatic carbocycles. The second-order valence-corrected chi connectivity index (χ2v) is 6.12. The molecule has 1 aromatic carbocycles. The van der Waals surface area contributed by atoms with Gasteiger partial charge in [-0.15, -0.1) is 0 Å². The maximum Gasteiger partial charge on any atom is 0.262 e. The second kappa shape index (κ2) is 6.45. The SMILES string of the molecule is O=C(NCc1ccc(F)cc1Cl)[C@]1(F)CC[C@@H](O)c2ncccc21. The van der Waals surface area contributed by atoms with E-state index in [2.05, 4.69) is 10.3 Å². The Bertz CT molecular complexity index is 787. The summed E-state index contributed by atoms with van der Waals surface area (Å²) in [7, 11) is 0. The van der Waals surface area contributed by atoms with E-state index < -0.39 is 23.5 Å². The molecule has 3 rings (SSSR count). The highest BCUT2D eigenvalue weighted by molar-refractivity contribution is 6.31. The maximum absolute atomic E-state index is 15.3. The molecule has 0 spiro atoms. The number of aliphatic hydroxyl groups excluding tert-OH is 1. The molecule has 2 atom stereocenters. The first-order valence-electron chi connectivity index (χ1n) is 7.46. The highest BCUT2D eigenvalue weighted by atomic mass is 35.5. The van der Waals surface area contributed by atoms with Gasteiger partial charge in [0, 0.05) is 23.3 Å². The van der Waals surface area contributed by atoms with Crippen molar-refractivity contribution in [3.8, 4) is 0 Å². The Labute approximate surface area is 142 Å². The number of hydrogen-bond donors (Lipinski definition) is 2. The molecule has 1 heterocycles. The molecule has 4 nitrogen and oxygen atoms in total. The Morgan fingerprint density at radius 2 is 2.25 bits per heavy atom. The van der Waals surface area contributed by atoms with Gasteiger partial charge in [-0.2, -0.15) is 0 Å². The third kappa shape index (κ3) is 2.99. The number of benzene rings is 1. The summed E-state index contributed by atoms with van der Waals surface area (Å²) < 4.78 is 28.4. The van der Waals surface area contributed by atoms with Crippen molar-refractivity contribution in [2.24, 2.45) is 0 Å². The molecular formula is C17H15ClF2N2O2. The van der Waals surface area contributed by atoms with Gasteiger partial charge in [0.25, 0.3) is 5.91 Å². The summed E-state index contributed by atoms with van der Waals surface area (Å²) in [6, 6.07) is 6.76. The number of nitrogens with one attached hydrogen (secondary N) is 1. The fourth-order valence-corrected chi connectivity index (χ4v) is 3.08. The molecular weight excluding hydrogens is 338 g/mol. The van der Waals surface area contributed by atoms with Crippen molar-refractivity contribution in [2.75, 3.05) is 0 Å². The van der Waals surface area contributed by atoms with Crippen LogP contribution in [0.25, 0.3) is 0 Å². The van der Waals surface area contributed by atoms with Crippen LogP contribution in [-0.2, 0) is 17.0 Å². The quantitative estimate of drug-likeness (QED) is 0.891. The average molecular weight is 353 g/mol. The summed E-state index contributed by atoms with van der Waals surface area (Å²) in [5, 5.41) is 12.6. The largest absolute Gasteiger partial charge is 0.387 e. The number of amides is 1. The van der Waals surface area contributed by atoms with E-state index in [1.807, 2.05) is 0 Å². The van der Waals surface area contributed by atoms with Crippen LogP contribution in [0.4, 0.5) is 8.78 Å². The molecule has 1 aromatic heterocycles. The van der Waals surface area contributed by atoms with Gasteiger partial charge in [0.1, 0.15) is 5.82 Å². The Morgan fingerprint density at radius 1 is 1.46 bits per heavy atom. The lowest BCUT2D eigenvalue weighted by atomic mass is 9.81. The van der Waals surface area contributed by atoms with Gasteiger partial charge in [-0.1, -0.05) is 23.7 Å². The van der Waals surface area contributed by atoms with Crippen LogP contribution in [-0.4, -0.2) is 16.0 Å². The van der Waals surface area contributed by atoms with Gasteiger partial charge in [-0.25, -0.2) is 8.78 Å². The highest BCUT2D eigenvalue weighted by Crippen LogP contribution is 2.42. The Morgan fingerprint density at radius 3 is 3.00 bits per heavy atom. The molecule has 0 fully saturated rings. The van der Waals surface area contributed by atoms with E-state index in [1.54, 1.807) is 0 Å². The van der Waals surface area contributed by atoms with Crippen molar-refractivity contribution in [1.29, 1.82) is 0 Å². The van der Waals surface area contributed by atoms with Crippen LogP contribution in [0.2, 0.25) is 5.02 Å². The smallest absolute Gasteiger partial charge is 0.262 e. The van der Waals surface area contributed by atoms with Crippen LogP contribution >= 0.6 is 11.6 Å². The molecule has 2 aromatic rings. The molecule has 0 unspecified atom stereocenters. The topological polar surface area (TPSA) is 62.2 Å². The Balaban J connectivity index is 1.81. The van der Waals surface area contributed by atoms with Gasteiger partial charge in [-0.3, -0.25) is 9.78 Å². The van der Waals surface area contributed by atoms with Gasteiger partial charge in [-0.05, 0) is 36.6 Å². The zero-order valence-electron chi connectivity index (χ0n) is 12.6. The van der Waals surface area contributed by atoms with Gasteiger partial charge in [0.2, 0.25) is 5.67 Å². The molecule has 0 bridgehead atoms. The number of halogens is 3. The van der Waals surface area contributed by atoms with E-state index >= 15 is 4.39 Å². The standard InChI is InChI=1S/C17H15ClF2N2O2/c18-13-8-11(19)4-3-10(13)9-22-16(24)17(20)6-5-14(23)15-12(17)2-1-7-21-15/h1-4,7-8,14,23H,5-6,9H2,(H,22,24)/t14-,17+/m1/s1. The third-order valence-electron chi connectivity index (χ3n) is 4.16. The van der Waals surface area contributed by atoms with Crippen molar-refractivity contribution in [3.63, 3.8) is 0 Å². The molecule has 24 heavy (non-hydrogen) atoms. The van der Waals surface area contributed by atoms with Crippen molar-refractivity contribution < 1.29 is 18.7 Å². The summed E-state index contributed by atoms with van der Waals surface area (Å²) in [6.45, 7) is -0.0260. The lowest BCUT2D eigenvalue weighted by Gasteiger charge is -2.32. The number of aliphatic hydroxyl groups is 1. The van der Waals surface area contributed by atoms with E-state index in [4.69, 9.17) is 11.6 Å². The molecule has 126 valence electrons. The van der Waals surface area contributed by atoms with Gasteiger partial charge in [0.05, 0.1) is 11.8 Å². The van der Waals surface area contributed by atoms with Crippen LogP contribution in [0.15, 0.2) is 36.5 Å². The third-order valence-corrected chi connectivity index (χ3v) is 4.51. The minimum Gasteiger partial charge on any atom is -0.387 e. The number of carbonyl (C=O) groups excluding carboxylic acids is 1. The van der Waals surface area contributed by atoms with E-state index in [1.165, 1.54) is 30.5 Å². The summed E-state index contributed by atoms with van der Waals surface area (Å²) >= 11 is 5.91. The monoisotopic (exact) mass is 352 g/mol. The number of carbonyl (C=O) groups is 1. The molecule has 0 radical (unpaired) electrons. The number of aromatic nitrogens is 1. The molecule has 0 saturated heterocycles. The summed E-state index contributed by atoms with van der Waals surface area (Å²) in [5.41, 5.74) is -1.53. The lowest BCUT2D eigenvalue weighted by molar-refractivity contribution is -0.135. The first-order chi connectivity index (χ1) is 11.4. The van der Waals surface area contributed by atoms with E-state index in [-0.39, 0.29) is 35.7 Å². The minimum absolute atomic E-state index is 0.0260. The first-order valence-corrected chi connectivity index (χ1v) is 7.84. The molecule has 2 N–H and O–H groups in total. The number of fused-ring (bicyclic) bond motifs is 1. The molecule has 7 heteroatoms. The van der Waals surface area contributed by atoms with Crippen molar-refractivity contribution >= 4 is 17.5 Å². The predicted octanol–water partition coefficient (Wildman–Crippen LogP) is 3.18. The molecule has 0 aliphatic heterocycles. The molecule has 1 aliphatic rings. The Hall–Kier alpha value is -2.05. The fraction of sp³-hybridized carbons (Fsp3) is 0.294. The second-order valence-electron chi connectivity index (χ2n) is 5.71. The van der Waals surface area contributed by atoms with Crippen molar-refractivity contribution in [1.82, 2.24) is 10.3 Å². The minimum atomic E-state index is -2.27. The number of alkyl halides is 1. The van der Waals surface area contributed by atoms with Crippen LogP contribution in [0.5, 0.6) is 0 Å². The van der Waals surface area contributed by atoms with E-state index in [0.29, 0.717) is 5.56 Å². The van der Waals surface area contributed by atoms with Crippen LogP contribution < -0.4 is 5.32 Å². The van der Waals surface area contributed by atoms with Gasteiger partial charge >= 0.3 is 0 Å². The molecule has 1 amide bonds.